The Morgan fingerprint density at radius 3 is 2.09 bits per heavy atom. The Balaban J connectivity index is 1.73. The number of rotatable bonds is 8. The SMILES string of the molecule is COc1ccc([C@@H](C)NC(=O)c2ccc(N(Cc3ccc(C)cc3)S(C)(=O)=O)cc2)cc1. The van der Waals surface area contributed by atoms with Crippen molar-refractivity contribution in [2.45, 2.75) is 26.4 Å². The summed E-state index contributed by atoms with van der Waals surface area (Å²) in [5, 5.41) is 2.96. The maximum atomic E-state index is 12.7. The van der Waals surface area contributed by atoms with E-state index in [1.165, 1.54) is 10.6 Å². The summed E-state index contributed by atoms with van der Waals surface area (Å²) in [7, 11) is -1.89. The molecule has 7 heteroatoms. The van der Waals surface area contributed by atoms with Crippen molar-refractivity contribution in [2.75, 3.05) is 17.7 Å². The number of benzene rings is 3. The fourth-order valence-corrected chi connectivity index (χ4v) is 4.18. The van der Waals surface area contributed by atoms with E-state index in [1.807, 2.05) is 62.4 Å². The van der Waals surface area contributed by atoms with Crippen LogP contribution in [0, 0.1) is 6.92 Å². The number of methoxy groups -OCH3 is 1. The van der Waals surface area contributed by atoms with Gasteiger partial charge in [-0.25, -0.2) is 8.42 Å². The smallest absolute Gasteiger partial charge is 0.251 e. The van der Waals surface area contributed by atoms with Crippen LogP contribution in [-0.2, 0) is 16.6 Å². The number of aryl methyl sites for hydroxylation is 1. The summed E-state index contributed by atoms with van der Waals surface area (Å²) in [6.45, 7) is 4.11. The largest absolute Gasteiger partial charge is 0.497 e. The molecular weight excluding hydrogens is 424 g/mol. The molecule has 0 spiro atoms. The molecule has 3 aromatic rings. The van der Waals surface area contributed by atoms with Crippen molar-refractivity contribution in [1.82, 2.24) is 5.32 Å². The third kappa shape index (κ3) is 5.88. The Morgan fingerprint density at radius 2 is 1.56 bits per heavy atom. The lowest BCUT2D eigenvalue weighted by Crippen LogP contribution is -2.29. The van der Waals surface area contributed by atoms with Gasteiger partial charge < -0.3 is 10.1 Å². The van der Waals surface area contributed by atoms with Crippen LogP contribution in [0.3, 0.4) is 0 Å². The zero-order valence-corrected chi connectivity index (χ0v) is 19.5. The standard InChI is InChI=1S/C25H28N2O4S/c1-18-5-7-20(8-6-18)17-27(32(4,29)30)23-13-9-22(10-14-23)25(28)26-19(2)21-11-15-24(31-3)16-12-21/h5-16,19H,17H2,1-4H3,(H,26,28)/t19-/m1/s1. The van der Waals surface area contributed by atoms with Crippen LogP contribution in [0.15, 0.2) is 72.8 Å². The average Bonchev–Trinajstić information content (AvgIpc) is 2.78. The predicted molar refractivity (Wildman–Crippen MR) is 128 cm³/mol. The van der Waals surface area contributed by atoms with E-state index in [9.17, 15) is 13.2 Å². The molecule has 0 aliphatic rings. The van der Waals surface area contributed by atoms with Crippen LogP contribution in [0.25, 0.3) is 0 Å². The molecule has 32 heavy (non-hydrogen) atoms. The fraction of sp³-hybridized carbons (Fsp3) is 0.240. The third-order valence-electron chi connectivity index (χ3n) is 5.23. The molecule has 0 aliphatic carbocycles. The first-order valence-corrected chi connectivity index (χ1v) is 12.1. The average molecular weight is 453 g/mol. The first-order chi connectivity index (χ1) is 15.2. The number of nitrogens with zero attached hydrogens (tertiary/aromatic N) is 1. The van der Waals surface area contributed by atoms with Crippen LogP contribution in [0.4, 0.5) is 5.69 Å². The first-order valence-electron chi connectivity index (χ1n) is 10.3. The zero-order valence-electron chi connectivity index (χ0n) is 18.7. The molecule has 0 saturated carbocycles. The van der Waals surface area contributed by atoms with Gasteiger partial charge in [0.25, 0.3) is 5.91 Å². The number of nitrogens with one attached hydrogen (secondary N) is 1. The predicted octanol–water partition coefficient (Wildman–Crippen LogP) is 4.46. The number of hydrogen-bond acceptors (Lipinski definition) is 4. The topological polar surface area (TPSA) is 75.7 Å². The van der Waals surface area contributed by atoms with E-state index in [4.69, 9.17) is 4.74 Å². The highest BCUT2D eigenvalue weighted by atomic mass is 32.2. The van der Waals surface area contributed by atoms with Gasteiger partial charge in [-0.3, -0.25) is 9.10 Å². The van der Waals surface area contributed by atoms with Crippen molar-refractivity contribution in [2.24, 2.45) is 0 Å². The van der Waals surface area contributed by atoms with Gasteiger partial charge in [0.1, 0.15) is 5.75 Å². The number of hydrogen-bond donors (Lipinski definition) is 1. The Kier molecular flexibility index (Phi) is 7.20. The molecule has 0 heterocycles. The summed E-state index contributed by atoms with van der Waals surface area (Å²) in [6.07, 6.45) is 1.18. The summed E-state index contributed by atoms with van der Waals surface area (Å²) < 4.78 is 31.3. The van der Waals surface area contributed by atoms with E-state index < -0.39 is 10.0 Å². The molecule has 0 bridgehead atoms. The van der Waals surface area contributed by atoms with Crippen molar-refractivity contribution in [3.63, 3.8) is 0 Å². The molecule has 0 aliphatic heterocycles. The maximum absolute atomic E-state index is 12.7. The van der Waals surface area contributed by atoms with Gasteiger partial charge >= 0.3 is 0 Å². The highest BCUT2D eigenvalue weighted by molar-refractivity contribution is 7.92. The Hall–Kier alpha value is -3.32. The molecule has 1 atom stereocenters. The monoisotopic (exact) mass is 452 g/mol. The zero-order chi connectivity index (χ0) is 23.3. The second-order valence-corrected chi connectivity index (χ2v) is 9.68. The van der Waals surface area contributed by atoms with Gasteiger partial charge in [-0.15, -0.1) is 0 Å². The second-order valence-electron chi connectivity index (χ2n) is 7.77. The molecule has 1 N–H and O–H groups in total. The number of amides is 1. The maximum Gasteiger partial charge on any atom is 0.251 e. The van der Waals surface area contributed by atoms with Gasteiger partial charge in [-0.1, -0.05) is 42.0 Å². The lowest BCUT2D eigenvalue weighted by atomic mass is 10.1. The number of ether oxygens (including phenoxy) is 1. The van der Waals surface area contributed by atoms with E-state index in [0.717, 1.165) is 22.4 Å². The van der Waals surface area contributed by atoms with E-state index in [-0.39, 0.29) is 18.5 Å². The van der Waals surface area contributed by atoms with Gasteiger partial charge in [-0.2, -0.15) is 0 Å². The van der Waals surface area contributed by atoms with Crippen molar-refractivity contribution < 1.29 is 17.9 Å². The summed E-state index contributed by atoms with van der Waals surface area (Å²) in [5.41, 5.74) is 3.91. The highest BCUT2D eigenvalue weighted by Crippen LogP contribution is 2.22. The second kappa shape index (κ2) is 9.87. The van der Waals surface area contributed by atoms with Crippen molar-refractivity contribution >= 4 is 21.6 Å². The molecule has 3 rings (SSSR count). The summed E-state index contributed by atoms with van der Waals surface area (Å²) in [4.78, 5) is 12.7. The molecule has 0 aromatic heterocycles. The van der Waals surface area contributed by atoms with Crippen molar-refractivity contribution in [3.8, 4) is 5.75 Å². The fourth-order valence-electron chi connectivity index (χ4n) is 3.29. The van der Waals surface area contributed by atoms with E-state index >= 15 is 0 Å². The van der Waals surface area contributed by atoms with Crippen LogP contribution < -0.4 is 14.4 Å². The van der Waals surface area contributed by atoms with Gasteiger partial charge in [-0.05, 0) is 61.4 Å². The van der Waals surface area contributed by atoms with Crippen molar-refractivity contribution in [3.05, 3.63) is 95.1 Å². The summed E-state index contributed by atoms with van der Waals surface area (Å²) in [5.74, 6) is 0.522. The molecule has 6 nitrogen and oxygen atoms in total. The van der Waals surface area contributed by atoms with Crippen molar-refractivity contribution in [1.29, 1.82) is 0 Å². The normalized spacial score (nSPS) is 12.1. The number of carbonyl (C=O) groups excluding carboxylic acids is 1. The molecular formula is C25H28N2O4S. The van der Waals surface area contributed by atoms with Crippen LogP contribution in [0.2, 0.25) is 0 Å². The van der Waals surface area contributed by atoms with E-state index in [0.29, 0.717) is 11.3 Å². The number of carbonyl (C=O) groups is 1. The minimum Gasteiger partial charge on any atom is -0.497 e. The molecule has 0 unspecified atom stereocenters. The molecule has 168 valence electrons. The van der Waals surface area contributed by atoms with Crippen LogP contribution >= 0.6 is 0 Å². The Bertz CT molecular complexity index is 1160. The van der Waals surface area contributed by atoms with Gasteiger partial charge in [0.2, 0.25) is 10.0 Å². The molecule has 3 aromatic carbocycles. The lowest BCUT2D eigenvalue weighted by molar-refractivity contribution is 0.0940. The van der Waals surface area contributed by atoms with E-state index in [2.05, 4.69) is 5.32 Å². The number of anilines is 1. The minimum absolute atomic E-state index is 0.192. The summed E-state index contributed by atoms with van der Waals surface area (Å²) >= 11 is 0. The van der Waals surface area contributed by atoms with Gasteiger partial charge in [0.05, 0.1) is 31.6 Å². The first kappa shape index (κ1) is 23.3. The highest BCUT2D eigenvalue weighted by Gasteiger charge is 2.19. The minimum atomic E-state index is -3.50. The molecule has 0 fully saturated rings. The van der Waals surface area contributed by atoms with Crippen LogP contribution in [0.5, 0.6) is 5.75 Å². The molecule has 0 saturated heterocycles. The number of sulfonamides is 1. The van der Waals surface area contributed by atoms with Gasteiger partial charge in [0.15, 0.2) is 0 Å². The van der Waals surface area contributed by atoms with E-state index in [1.54, 1.807) is 31.4 Å². The molecule has 1 amide bonds. The Labute approximate surface area is 189 Å². The quantitative estimate of drug-likeness (QED) is 0.548. The Morgan fingerprint density at radius 1 is 0.969 bits per heavy atom. The molecule has 0 radical (unpaired) electrons. The van der Waals surface area contributed by atoms with Crippen LogP contribution in [-0.4, -0.2) is 27.7 Å². The third-order valence-corrected chi connectivity index (χ3v) is 6.37. The lowest BCUT2D eigenvalue weighted by Gasteiger charge is -2.23. The summed E-state index contributed by atoms with van der Waals surface area (Å²) in [6, 6.07) is 21.6. The van der Waals surface area contributed by atoms with Crippen LogP contribution in [0.1, 0.15) is 40.0 Å². The van der Waals surface area contributed by atoms with Gasteiger partial charge in [0, 0.05) is 5.56 Å².